The van der Waals surface area contributed by atoms with Crippen LogP contribution in [0.2, 0.25) is 0 Å². The van der Waals surface area contributed by atoms with Gasteiger partial charge in [0.25, 0.3) is 0 Å². The Bertz CT molecular complexity index is 536. The Kier molecular flexibility index (Phi) is 6.64. The molecule has 1 aromatic carbocycles. The van der Waals surface area contributed by atoms with E-state index in [9.17, 15) is 0 Å². The fourth-order valence-corrected chi connectivity index (χ4v) is 2.74. The standard InChI is InChI=1S/C18H26N2O/c1-3-19-16(8-7-13-21-4-2)14-15-11-12-20-18-10-6-5-9-17(15)18/h5-6,9-12,16,19H,3-4,7-8,13-14H2,1-2H3. The van der Waals surface area contributed by atoms with Crippen LogP contribution in [0.5, 0.6) is 0 Å². The fourth-order valence-electron chi connectivity index (χ4n) is 2.74. The number of nitrogens with zero attached hydrogens (tertiary/aromatic N) is 1. The zero-order valence-corrected chi connectivity index (χ0v) is 13.1. The largest absolute Gasteiger partial charge is 0.382 e. The summed E-state index contributed by atoms with van der Waals surface area (Å²) in [6.07, 6.45) is 5.21. The quantitative estimate of drug-likeness (QED) is 0.716. The SMILES string of the molecule is CCNC(CCCOCC)Cc1ccnc2ccccc12. The predicted molar refractivity (Wildman–Crippen MR) is 88.6 cm³/mol. The third-order valence-electron chi connectivity index (χ3n) is 3.74. The second-order valence-electron chi connectivity index (χ2n) is 5.29. The van der Waals surface area contributed by atoms with Crippen LogP contribution >= 0.6 is 0 Å². The molecule has 0 amide bonds. The average molecular weight is 286 g/mol. The van der Waals surface area contributed by atoms with Crippen molar-refractivity contribution in [2.24, 2.45) is 0 Å². The number of hydrogen-bond acceptors (Lipinski definition) is 3. The smallest absolute Gasteiger partial charge is 0.0704 e. The van der Waals surface area contributed by atoms with Gasteiger partial charge in [0.15, 0.2) is 0 Å². The highest BCUT2D eigenvalue weighted by atomic mass is 16.5. The van der Waals surface area contributed by atoms with Gasteiger partial charge in [-0.25, -0.2) is 0 Å². The van der Waals surface area contributed by atoms with Crippen molar-refractivity contribution >= 4 is 10.9 Å². The van der Waals surface area contributed by atoms with Gasteiger partial charge in [0.1, 0.15) is 0 Å². The van der Waals surface area contributed by atoms with Gasteiger partial charge in [-0.15, -0.1) is 0 Å². The van der Waals surface area contributed by atoms with E-state index in [2.05, 4.69) is 41.5 Å². The van der Waals surface area contributed by atoms with Gasteiger partial charge >= 0.3 is 0 Å². The van der Waals surface area contributed by atoms with E-state index < -0.39 is 0 Å². The molecule has 0 bridgehead atoms. The molecular formula is C18H26N2O. The summed E-state index contributed by atoms with van der Waals surface area (Å²) in [4.78, 5) is 4.44. The maximum atomic E-state index is 5.44. The minimum atomic E-state index is 0.501. The highest BCUT2D eigenvalue weighted by Crippen LogP contribution is 2.18. The summed E-state index contributed by atoms with van der Waals surface area (Å²) in [5, 5.41) is 4.87. The number of aromatic nitrogens is 1. The van der Waals surface area contributed by atoms with E-state index in [1.807, 2.05) is 19.2 Å². The van der Waals surface area contributed by atoms with Crippen molar-refractivity contribution < 1.29 is 4.74 Å². The lowest BCUT2D eigenvalue weighted by molar-refractivity contribution is 0.141. The number of pyridine rings is 1. The summed E-state index contributed by atoms with van der Waals surface area (Å²) in [7, 11) is 0. The lowest BCUT2D eigenvalue weighted by atomic mass is 9.99. The van der Waals surface area contributed by atoms with Crippen LogP contribution in [0.15, 0.2) is 36.5 Å². The lowest BCUT2D eigenvalue weighted by Crippen LogP contribution is -2.31. The molecule has 0 spiro atoms. The number of likely N-dealkylation sites (N-methyl/N-ethyl adjacent to an activating group) is 1. The first kappa shape index (κ1) is 15.9. The van der Waals surface area contributed by atoms with Gasteiger partial charge in [0.2, 0.25) is 0 Å². The first-order valence-electron chi connectivity index (χ1n) is 7.99. The van der Waals surface area contributed by atoms with E-state index in [-0.39, 0.29) is 0 Å². The Morgan fingerprint density at radius 2 is 2.05 bits per heavy atom. The van der Waals surface area contributed by atoms with E-state index in [0.717, 1.165) is 44.5 Å². The molecule has 0 saturated carbocycles. The lowest BCUT2D eigenvalue weighted by Gasteiger charge is -2.19. The molecule has 0 fully saturated rings. The van der Waals surface area contributed by atoms with E-state index in [1.54, 1.807) is 0 Å². The molecule has 0 aliphatic rings. The van der Waals surface area contributed by atoms with Crippen LogP contribution in [-0.2, 0) is 11.2 Å². The molecule has 21 heavy (non-hydrogen) atoms. The van der Waals surface area contributed by atoms with E-state index in [1.165, 1.54) is 10.9 Å². The molecule has 0 radical (unpaired) electrons. The highest BCUT2D eigenvalue weighted by Gasteiger charge is 2.10. The predicted octanol–water partition coefficient (Wildman–Crippen LogP) is 3.57. The molecule has 0 aliphatic heterocycles. The summed E-state index contributed by atoms with van der Waals surface area (Å²) in [5.74, 6) is 0. The number of benzene rings is 1. The van der Waals surface area contributed by atoms with Crippen molar-refractivity contribution in [1.82, 2.24) is 10.3 Å². The van der Waals surface area contributed by atoms with Crippen LogP contribution < -0.4 is 5.32 Å². The summed E-state index contributed by atoms with van der Waals surface area (Å²) in [6, 6.07) is 11.0. The van der Waals surface area contributed by atoms with Gasteiger partial charge in [-0.05, 0) is 50.4 Å². The van der Waals surface area contributed by atoms with Crippen molar-refractivity contribution in [3.63, 3.8) is 0 Å². The summed E-state index contributed by atoms with van der Waals surface area (Å²) < 4.78 is 5.44. The molecule has 2 aromatic rings. The number of hydrogen-bond donors (Lipinski definition) is 1. The first-order valence-corrected chi connectivity index (χ1v) is 7.99. The normalized spacial score (nSPS) is 12.7. The Labute approximate surface area is 127 Å². The molecule has 1 unspecified atom stereocenters. The van der Waals surface area contributed by atoms with Gasteiger partial charge < -0.3 is 10.1 Å². The van der Waals surface area contributed by atoms with Crippen LogP contribution in [0.25, 0.3) is 10.9 Å². The second-order valence-corrected chi connectivity index (χ2v) is 5.29. The van der Waals surface area contributed by atoms with Gasteiger partial charge in [-0.1, -0.05) is 25.1 Å². The Morgan fingerprint density at radius 1 is 1.19 bits per heavy atom. The zero-order chi connectivity index (χ0) is 14.9. The zero-order valence-electron chi connectivity index (χ0n) is 13.1. The van der Waals surface area contributed by atoms with Crippen LogP contribution in [-0.4, -0.2) is 30.8 Å². The average Bonchev–Trinajstić information content (AvgIpc) is 2.52. The molecule has 1 heterocycles. The Balaban J connectivity index is 2.04. The topological polar surface area (TPSA) is 34.1 Å². The molecular weight excluding hydrogens is 260 g/mol. The molecule has 3 nitrogen and oxygen atoms in total. The third kappa shape index (κ3) is 4.80. The minimum Gasteiger partial charge on any atom is -0.382 e. The molecule has 1 atom stereocenters. The van der Waals surface area contributed by atoms with Crippen LogP contribution in [0.1, 0.15) is 32.3 Å². The number of fused-ring (bicyclic) bond motifs is 1. The van der Waals surface area contributed by atoms with Gasteiger partial charge in [-0.2, -0.15) is 0 Å². The minimum absolute atomic E-state index is 0.501. The Morgan fingerprint density at radius 3 is 2.86 bits per heavy atom. The van der Waals surface area contributed by atoms with Crippen molar-refractivity contribution in [1.29, 1.82) is 0 Å². The highest BCUT2D eigenvalue weighted by molar-refractivity contribution is 5.81. The van der Waals surface area contributed by atoms with E-state index >= 15 is 0 Å². The first-order chi connectivity index (χ1) is 10.3. The maximum Gasteiger partial charge on any atom is 0.0704 e. The number of para-hydroxylation sites is 1. The fraction of sp³-hybridized carbons (Fsp3) is 0.500. The number of nitrogens with one attached hydrogen (secondary N) is 1. The molecule has 3 heteroatoms. The molecule has 0 saturated heterocycles. The maximum absolute atomic E-state index is 5.44. The molecule has 0 aliphatic carbocycles. The monoisotopic (exact) mass is 286 g/mol. The Hall–Kier alpha value is -1.45. The molecule has 1 N–H and O–H groups in total. The van der Waals surface area contributed by atoms with Crippen LogP contribution in [0.4, 0.5) is 0 Å². The third-order valence-corrected chi connectivity index (χ3v) is 3.74. The summed E-state index contributed by atoms with van der Waals surface area (Å²) >= 11 is 0. The van der Waals surface area contributed by atoms with Crippen LogP contribution in [0.3, 0.4) is 0 Å². The van der Waals surface area contributed by atoms with Crippen molar-refractivity contribution in [3.8, 4) is 0 Å². The van der Waals surface area contributed by atoms with Crippen molar-refractivity contribution in [2.75, 3.05) is 19.8 Å². The molecule has 2 rings (SSSR count). The summed E-state index contributed by atoms with van der Waals surface area (Å²) in [5.41, 5.74) is 2.46. The van der Waals surface area contributed by atoms with E-state index in [0.29, 0.717) is 6.04 Å². The number of ether oxygens (including phenoxy) is 1. The molecule has 1 aromatic heterocycles. The van der Waals surface area contributed by atoms with Gasteiger partial charge in [0.05, 0.1) is 5.52 Å². The number of rotatable bonds is 9. The second kappa shape index (κ2) is 8.75. The molecule has 114 valence electrons. The summed E-state index contributed by atoms with van der Waals surface area (Å²) in [6.45, 7) is 6.88. The van der Waals surface area contributed by atoms with Crippen LogP contribution in [0, 0.1) is 0 Å². The van der Waals surface area contributed by atoms with Gasteiger partial charge in [-0.3, -0.25) is 4.98 Å². The van der Waals surface area contributed by atoms with E-state index in [4.69, 9.17) is 4.74 Å². The van der Waals surface area contributed by atoms with Crippen molar-refractivity contribution in [2.45, 2.75) is 39.2 Å². The van der Waals surface area contributed by atoms with Crippen molar-refractivity contribution in [3.05, 3.63) is 42.1 Å². The van der Waals surface area contributed by atoms with Gasteiger partial charge in [0, 0.05) is 30.8 Å².